The summed E-state index contributed by atoms with van der Waals surface area (Å²) >= 11 is 0. The Morgan fingerprint density at radius 1 is 1.46 bits per heavy atom. The van der Waals surface area contributed by atoms with Crippen LogP contribution >= 0.6 is 0 Å². The highest BCUT2D eigenvalue weighted by Gasteiger charge is 2.39. The summed E-state index contributed by atoms with van der Waals surface area (Å²) < 4.78 is 0. The van der Waals surface area contributed by atoms with Crippen molar-refractivity contribution >= 4 is 11.8 Å². The zero-order valence-corrected chi connectivity index (χ0v) is 6.91. The van der Waals surface area contributed by atoms with Gasteiger partial charge in [-0.05, 0) is 0 Å². The molecule has 70 valence electrons. The number of amides is 2. The lowest BCUT2D eigenvalue weighted by Gasteiger charge is -2.31. The normalized spacial score (nSPS) is 33.5. The molecule has 2 atom stereocenters. The Bertz CT molecular complexity index is 298. The van der Waals surface area contributed by atoms with Crippen LogP contribution in [-0.4, -0.2) is 36.1 Å². The van der Waals surface area contributed by atoms with Crippen LogP contribution in [0.3, 0.4) is 0 Å². The molecule has 2 rings (SSSR count). The van der Waals surface area contributed by atoms with Crippen LogP contribution in [0.25, 0.3) is 0 Å². The van der Waals surface area contributed by atoms with Crippen LogP contribution in [0.15, 0.2) is 11.6 Å². The van der Waals surface area contributed by atoms with E-state index in [0.29, 0.717) is 18.7 Å². The van der Waals surface area contributed by atoms with Gasteiger partial charge in [-0.1, -0.05) is 6.08 Å². The van der Waals surface area contributed by atoms with E-state index in [1.807, 2.05) is 0 Å². The molecule has 0 aromatic carbocycles. The molecule has 0 bridgehead atoms. The first-order valence-corrected chi connectivity index (χ1v) is 4.14. The molecule has 13 heavy (non-hydrogen) atoms. The number of hydrogen-bond acceptors (Lipinski definition) is 4. The van der Waals surface area contributed by atoms with Crippen LogP contribution in [0.1, 0.15) is 0 Å². The molecule has 5 nitrogen and oxygen atoms in total. The van der Waals surface area contributed by atoms with Gasteiger partial charge in [0.2, 0.25) is 0 Å². The molecule has 5 heteroatoms. The largest absolute Gasteiger partial charge is 0.383 e. The molecule has 0 aromatic rings. The van der Waals surface area contributed by atoms with E-state index < -0.39 is 12.0 Å². The van der Waals surface area contributed by atoms with E-state index >= 15 is 0 Å². The first kappa shape index (κ1) is 8.40. The molecule has 0 saturated carbocycles. The SMILES string of the molecule is O=C1NC(=O)C(O)C2CNCC=C12. The van der Waals surface area contributed by atoms with E-state index in [1.54, 1.807) is 6.08 Å². The van der Waals surface area contributed by atoms with Gasteiger partial charge in [0, 0.05) is 24.6 Å². The summed E-state index contributed by atoms with van der Waals surface area (Å²) in [6, 6.07) is 0. The molecule has 2 amide bonds. The topological polar surface area (TPSA) is 78.4 Å². The van der Waals surface area contributed by atoms with E-state index in [2.05, 4.69) is 10.6 Å². The number of aliphatic hydroxyl groups excluding tert-OH is 1. The van der Waals surface area contributed by atoms with Crippen molar-refractivity contribution in [3.8, 4) is 0 Å². The second-order valence-electron chi connectivity index (χ2n) is 3.19. The molecular formula is C8H10N2O3. The first-order valence-electron chi connectivity index (χ1n) is 4.14. The zero-order chi connectivity index (χ0) is 9.42. The van der Waals surface area contributed by atoms with Crippen LogP contribution in [-0.2, 0) is 9.59 Å². The standard InChI is InChI=1S/C8H10N2O3/c11-6-5-3-9-2-1-4(5)7(12)10-8(6)13/h1,5-6,9,11H,2-3H2,(H,10,12,13). The number of piperidine rings is 1. The summed E-state index contributed by atoms with van der Waals surface area (Å²) in [7, 11) is 0. The molecule has 0 radical (unpaired) electrons. The van der Waals surface area contributed by atoms with Crippen molar-refractivity contribution in [1.82, 2.24) is 10.6 Å². The summed E-state index contributed by atoms with van der Waals surface area (Å²) in [5.74, 6) is -1.35. The maximum atomic E-state index is 11.2. The van der Waals surface area contributed by atoms with Crippen molar-refractivity contribution in [3.63, 3.8) is 0 Å². The quantitative estimate of drug-likeness (QED) is 0.384. The van der Waals surface area contributed by atoms with Gasteiger partial charge in [-0.15, -0.1) is 0 Å². The molecule has 1 fully saturated rings. The van der Waals surface area contributed by atoms with Crippen molar-refractivity contribution in [2.45, 2.75) is 6.10 Å². The summed E-state index contributed by atoms with van der Waals surface area (Å²) in [6.45, 7) is 1.09. The lowest BCUT2D eigenvalue weighted by Crippen LogP contribution is -2.54. The molecule has 3 N–H and O–H groups in total. The number of aliphatic hydroxyl groups is 1. The van der Waals surface area contributed by atoms with Crippen LogP contribution in [0.2, 0.25) is 0 Å². The monoisotopic (exact) mass is 182 g/mol. The Hall–Kier alpha value is -1.20. The van der Waals surface area contributed by atoms with Crippen LogP contribution in [0.4, 0.5) is 0 Å². The van der Waals surface area contributed by atoms with E-state index in [0.717, 1.165) is 0 Å². The van der Waals surface area contributed by atoms with Crippen molar-refractivity contribution < 1.29 is 14.7 Å². The third-order valence-electron chi connectivity index (χ3n) is 2.38. The average molecular weight is 182 g/mol. The molecule has 2 aliphatic heterocycles. The van der Waals surface area contributed by atoms with E-state index in [1.165, 1.54) is 0 Å². The molecular weight excluding hydrogens is 172 g/mol. The maximum absolute atomic E-state index is 11.2. The molecule has 0 aliphatic carbocycles. The predicted molar refractivity (Wildman–Crippen MR) is 43.6 cm³/mol. The molecule has 0 spiro atoms. The van der Waals surface area contributed by atoms with Crippen molar-refractivity contribution in [2.75, 3.05) is 13.1 Å². The second kappa shape index (κ2) is 2.93. The molecule has 2 unspecified atom stereocenters. The number of nitrogens with one attached hydrogen (secondary N) is 2. The molecule has 1 saturated heterocycles. The van der Waals surface area contributed by atoms with Gasteiger partial charge in [0.15, 0.2) is 0 Å². The summed E-state index contributed by atoms with van der Waals surface area (Å²) in [4.78, 5) is 22.3. The minimum atomic E-state index is -1.10. The molecule has 2 heterocycles. The Morgan fingerprint density at radius 2 is 2.23 bits per heavy atom. The highest BCUT2D eigenvalue weighted by molar-refractivity contribution is 6.09. The second-order valence-corrected chi connectivity index (χ2v) is 3.19. The fourth-order valence-electron chi connectivity index (χ4n) is 1.67. The van der Waals surface area contributed by atoms with Crippen molar-refractivity contribution in [3.05, 3.63) is 11.6 Å². The van der Waals surface area contributed by atoms with E-state index in [9.17, 15) is 14.7 Å². The number of fused-ring (bicyclic) bond motifs is 1. The van der Waals surface area contributed by atoms with Gasteiger partial charge in [0.25, 0.3) is 11.8 Å². The van der Waals surface area contributed by atoms with Gasteiger partial charge in [-0.3, -0.25) is 14.9 Å². The minimum absolute atomic E-state index is 0.373. The fourth-order valence-corrected chi connectivity index (χ4v) is 1.67. The smallest absolute Gasteiger partial charge is 0.256 e. The van der Waals surface area contributed by atoms with Crippen molar-refractivity contribution in [2.24, 2.45) is 5.92 Å². The van der Waals surface area contributed by atoms with Gasteiger partial charge in [-0.25, -0.2) is 0 Å². The molecule has 2 aliphatic rings. The Kier molecular flexibility index (Phi) is 1.90. The van der Waals surface area contributed by atoms with Crippen LogP contribution < -0.4 is 10.6 Å². The van der Waals surface area contributed by atoms with Gasteiger partial charge >= 0.3 is 0 Å². The summed E-state index contributed by atoms with van der Waals surface area (Å²) in [6.07, 6.45) is 0.607. The lowest BCUT2D eigenvalue weighted by molar-refractivity contribution is -0.139. The number of carbonyl (C=O) groups is 2. The number of rotatable bonds is 0. The third kappa shape index (κ3) is 1.26. The fraction of sp³-hybridized carbons (Fsp3) is 0.500. The van der Waals surface area contributed by atoms with Gasteiger partial charge in [0.05, 0.1) is 0 Å². The zero-order valence-electron chi connectivity index (χ0n) is 6.91. The summed E-state index contributed by atoms with van der Waals surface area (Å²) in [5, 5.41) is 14.5. The van der Waals surface area contributed by atoms with Gasteiger partial charge < -0.3 is 10.4 Å². The Morgan fingerprint density at radius 3 is 3.00 bits per heavy atom. The average Bonchev–Trinajstić information content (AvgIpc) is 2.15. The van der Waals surface area contributed by atoms with Crippen LogP contribution in [0.5, 0.6) is 0 Å². The third-order valence-corrected chi connectivity index (χ3v) is 2.38. The first-order chi connectivity index (χ1) is 6.20. The number of carbonyl (C=O) groups excluding carboxylic acids is 2. The number of imide groups is 1. The highest BCUT2D eigenvalue weighted by atomic mass is 16.3. The maximum Gasteiger partial charge on any atom is 0.256 e. The van der Waals surface area contributed by atoms with E-state index in [4.69, 9.17) is 0 Å². The van der Waals surface area contributed by atoms with Gasteiger partial charge in [-0.2, -0.15) is 0 Å². The lowest BCUT2D eigenvalue weighted by atomic mass is 9.86. The summed E-state index contributed by atoms with van der Waals surface area (Å²) in [5.41, 5.74) is 0.519. The van der Waals surface area contributed by atoms with Crippen LogP contribution in [0, 0.1) is 5.92 Å². The predicted octanol–water partition coefficient (Wildman–Crippen LogP) is -1.85. The van der Waals surface area contributed by atoms with E-state index in [-0.39, 0.29) is 11.8 Å². The Labute approximate surface area is 74.8 Å². The van der Waals surface area contributed by atoms with Gasteiger partial charge in [0.1, 0.15) is 6.10 Å². The van der Waals surface area contributed by atoms with Crippen molar-refractivity contribution in [1.29, 1.82) is 0 Å². The number of hydrogen-bond donors (Lipinski definition) is 3. The molecule has 0 aromatic heterocycles. The highest BCUT2D eigenvalue weighted by Crippen LogP contribution is 2.21. The minimum Gasteiger partial charge on any atom is -0.383 e. The Balaban J connectivity index is 2.32.